The molecule has 2 heterocycles. The van der Waals surface area contributed by atoms with E-state index < -0.39 is 9.84 Å². The second-order valence-electron chi connectivity index (χ2n) is 7.96. The Morgan fingerprint density at radius 3 is 2.58 bits per heavy atom. The fourth-order valence-corrected chi connectivity index (χ4v) is 6.13. The van der Waals surface area contributed by atoms with Crippen molar-refractivity contribution in [1.29, 1.82) is 0 Å². The van der Waals surface area contributed by atoms with Crippen molar-refractivity contribution in [3.63, 3.8) is 0 Å². The van der Waals surface area contributed by atoms with Crippen LogP contribution in [0.15, 0.2) is 22.8 Å². The van der Waals surface area contributed by atoms with Crippen LogP contribution in [0.4, 0.5) is 0 Å². The van der Waals surface area contributed by atoms with Gasteiger partial charge in [-0.25, -0.2) is 8.42 Å². The second kappa shape index (κ2) is 8.59. The minimum absolute atomic E-state index is 0.0335. The van der Waals surface area contributed by atoms with Crippen molar-refractivity contribution in [2.75, 3.05) is 11.5 Å². The van der Waals surface area contributed by atoms with Gasteiger partial charge in [0.15, 0.2) is 9.84 Å². The van der Waals surface area contributed by atoms with Crippen molar-refractivity contribution < 1.29 is 17.6 Å². The first kappa shape index (κ1) is 19.5. The summed E-state index contributed by atoms with van der Waals surface area (Å²) in [6.45, 7) is 2.60. The average molecular weight is 382 g/mol. The zero-order chi connectivity index (χ0) is 18.6. The van der Waals surface area contributed by atoms with Crippen LogP contribution in [0, 0.1) is 11.8 Å². The van der Waals surface area contributed by atoms with Crippen LogP contribution in [0.5, 0.6) is 0 Å². The number of hydrogen-bond donors (Lipinski definition) is 0. The molecule has 5 nitrogen and oxygen atoms in total. The van der Waals surface area contributed by atoms with E-state index in [2.05, 4.69) is 6.92 Å². The molecule has 0 aromatic carbocycles. The minimum Gasteiger partial charge on any atom is -0.467 e. The molecule has 2 aliphatic rings. The molecule has 1 unspecified atom stereocenters. The summed E-state index contributed by atoms with van der Waals surface area (Å²) in [5.74, 6) is 1.90. The second-order valence-corrected chi connectivity index (χ2v) is 10.2. The zero-order valence-corrected chi connectivity index (χ0v) is 16.5. The van der Waals surface area contributed by atoms with E-state index in [9.17, 15) is 13.2 Å². The summed E-state index contributed by atoms with van der Waals surface area (Å²) in [7, 11) is -3.03. The number of hydrogen-bond acceptors (Lipinski definition) is 4. The van der Waals surface area contributed by atoms with E-state index in [1.807, 2.05) is 12.1 Å². The van der Waals surface area contributed by atoms with Crippen molar-refractivity contribution in [3.8, 4) is 0 Å². The Bertz CT molecular complexity index is 675. The number of unbranched alkanes of at least 4 members (excludes halogenated alkanes) is 1. The van der Waals surface area contributed by atoms with Crippen LogP contribution in [-0.2, 0) is 21.2 Å². The molecule has 3 rings (SSSR count). The molecule has 0 radical (unpaired) electrons. The summed E-state index contributed by atoms with van der Waals surface area (Å²) in [5, 5.41) is 0. The smallest absolute Gasteiger partial charge is 0.226 e. The van der Waals surface area contributed by atoms with Gasteiger partial charge in [-0.1, -0.05) is 26.2 Å². The third-order valence-electron chi connectivity index (χ3n) is 6.00. The first-order valence-electron chi connectivity index (χ1n) is 10.0. The van der Waals surface area contributed by atoms with Crippen LogP contribution in [-0.4, -0.2) is 36.8 Å². The molecule has 2 fully saturated rings. The molecule has 0 bridgehead atoms. The number of amides is 1. The maximum atomic E-state index is 13.2. The monoisotopic (exact) mass is 381 g/mol. The van der Waals surface area contributed by atoms with Crippen LogP contribution >= 0.6 is 0 Å². The van der Waals surface area contributed by atoms with Gasteiger partial charge in [-0.05, 0) is 50.2 Å². The summed E-state index contributed by atoms with van der Waals surface area (Å²) in [6.07, 6.45) is 10.0. The first-order valence-corrected chi connectivity index (χ1v) is 11.8. The molecule has 146 valence electrons. The predicted molar refractivity (Wildman–Crippen MR) is 101 cm³/mol. The van der Waals surface area contributed by atoms with Gasteiger partial charge in [0.25, 0.3) is 0 Å². The Kier molecular flexibility index (Phi) is 6.43. The van der Waals surface area contributed by atoms with E-state index in [0.717, 1.165) is 37.4 Å². The molecule has 0 spiro atoms. The Balaban J connectivity index is 1.65. The standard InChI is InChI=1S/C20H31NO4S/c1-2-3-5-16-7-9-17(10-8-16)20(22)21(14-19-6-4-12-25-19)18-11-13-26(23,24)15-18/h4,6,12,16-18H,2-3,5,7-11,13-15H2,1H3. The Hall–Kier alpha value is -1.30. The van der Waals surface area contributed by atoms with E-state index in [1.54, 1.807) is 11.2 Å². The number of nitrogens with zero attached hydrogens (tertiary/aromatic N) is 1. The van der Waals surface area contributed by atoms with Gasteiger partial charge < -0.3 is 9.32 Å². The molecule has 0 N–H and O–H groups in total. The highest BCUT2D eigenvalue weighted by Gasteiger charge is 2.38. The van der Waals surface area contributed by atoms with Gasteiger partial charge in [0, 0.05) is 12.0 Å². The summed E-state index contributed by atoms with van der Waals surface area (Å²) < 4.78 is 29.3. The zero-order valence-electron chi connectivity index (χ0n) is 15.7. The van der Waals surface area contributed by atoms with E-state index in [-0.39, 0.29) is 29.4 Å². The van der Waals surface area contributed by atoms with Gasteiger partial charge >= 0.3 is 0 Å². The third-order valence-corrected chi connectivity index (χ3v) is 7.75. The highest BCUT2D eigenvalue weighted by Crippen LogP contribution is 2.34. The van der Waals surface area contributed by atoms with E-state index >= 15 is 0 Å². The number of furan rings is 1. The van der Waals surface area contributed by atoms with Crippen LogP contribution < -0.4 is 0 Å². The van der Waals surface area contributed by atoms with E-state index in [0.29, 0.717) is 13.0 Å². The summed E-state index contributed by atoms with van der Waals surface area (Å²) in [6, 6.07) is 3.45. The fraction of sp³-hybridized carbons (Fsp3) is 0.750. The quantitative estimate of drug-likeness (QED) is 0.721. The molecular weight excluding hydrogens is 350 g/mol. The van der Waals surface area contributed by atoms with Gasteiger partial charge in [0.05, 0.1) is 24.3 Å². The molecule has 1 amide bonds. The van der Waals surface area contributed by atoms with Crippen molar-refractivity contribution >= 4 is 15.7 Å². The summed E-state index contributed by atoms with van der Waals surface area (Å²) in [4.78, 5) is 15.0. The normalized spacial score (nSPS) is 28.1. The van der Waals surface area contributed by atoms with Gasteiger partial charge in [-0.3, -0.25) is 4.79 Å². The van der Waals surface area contributed by atoms with Crippen LogP contribution in [0.25, 0.3) is 0 Å². The lowest BCUT2D eigenvalue weighted by Gasteiger charge is -2.34. The summed E-state index contributed by atoms with van der Waals surface area (Å²) in [5.41, 5.74) is 0. The topological polar surface area (TPSA) is 67.6 Å². The highest BCUT2D eigenvalue weighted by atomic mass is 32.2. The van der Waals surface area contributed by atoms with E-state index in [4.69, 9.17) is 4.42 Å². The lowest BCUT2D eigenvalue weighted by Crippen LogP contribution is -2.44. The fourth-order valence-electron chi connectivity index (χ4n) is 4.40. The lowest BCUT2D eigenvalue weighted by atomic mass is 9.79. The van der Waals surface area contributed by atoms with Gasteiger partial charge in [-0.15, -0.1) is 0 Å². The molecule has 1 saturated carbocycles. The SMILES string of the molecule is CCCCC1CCC(C(=O)N(Cc2ccco2)C2CCS(=O)(=O)C2)CC1. The summed E-state index contributed by atoms with van der Waals surface area (Å²) >= 11 is 0. The Labute approximate surface area is 157 Å². The molecule has 1 aliphatic heterocycles. The number of rotatable bonds is 7. The van der Waals surface area contributed by atoms with Crippen LogP contribution in [0.3, 0.4) is 0 Å². The van der Waals surface area contributed by atoms with Crippen LogP contribution in [0.1, 0.15) is 64.1 Å². The average Bonchev–Trinajstić information content (AvgIpc) is 3.27. The number of sulfone groups is 1. The molecule has 1 aliphatic carbocycles. The molecule has 26 heavy (non-hydrogen) atoms. The number of carbonyl (C=O) groups is 1. The maximum Gasteiger partial charge on any atom is 0.226 e. The Morgan fingerprint density at radius 1 is 1.23 bits per heavy atom. The lowest BCUT2D eigenvalue weighted by molar-refractivity contribution is -0.139. The molecule has 1 saturated heterocycles. The minimum atomic E-state index is -3.03. The predicted octanol–water partition coefficient (Wildman–Crippen LogP) is 3.79. The van der Waals surface area contributed by atoms with Crippen LogP contribution in [0.2, 0.25) is 0 Å². The number of carbonyl (C=O) groups excluding carboxylic acids is 1. The maximum absolute atomic E-state index is 13.2. The van der Waals surface area contributed by atoms with Gasteiger partial charge in [-0.2, -0.15) is 0 Å². The largest absolute Gasteiger partial charge is 0.467 e. The Morgan fingerprint density at radius 2 is 2.00 bits per heavy atom. The van der Waals surface area contributed by atoms with Crippen molar-refractivity contribution in [2.24, 2.45) is 11.8 Å². The molecule has 1 aromatic heterocycles. The molecular formula is C20H31NO4S. The molecule has 1 aromatic rings. The van der Waals surface area contributed by atoms with E-state index in [1.165, 1.54) is 19.3 Å². The van der Waals surface area contributed by atoms with Crippen molar-refractivity contribution in [1.82, 2.24) is 4.90 Å². The third kappa shape index (κ3) is 4.90. The van der Waals surface area contributed by atoms with Crippen molar-refractivity contribution in [3.05, 3.63) is 24.2 Å². The molecule has 6 heteroatoms. The highest BCUT2D eigenvalue weighted by molar-refractivity contribution is 7.91. The van der Waals surface area contributed by atoms with Crippen molar-refractivity contribution in [2.45, 2.75) is 70.9 Å². The molecule has 1 atom stereocenters. The first-order chi connectivity index (χ1) is 12.5. The van der Waals surface area contributed by atoms with Gasteiger partial charge in [0.2, 0.25) is 5.91 Å². The van der Waals surface area contributed by atoms with Gasteiger partial charge in [0.1, 0.15) is 5.76 Å².